The van der Waals surface area contributed by atoms with Crippen molar-refractivity contribution in [1.29, 1.82) is 0 Å². The van der Waals surface area contributed by atoms with E-state index in [1.54, 1.807) is 0 Å². The minimum Gasteiger partial charge on any atom is -0.372 e. The van der Waals surface area contributed by atoms with Crippen molar-refractivity contribution < 1.29 is 4.74 Å². The van der Waals surface area contributed by atoms with E-state index in [1.807, 2.05) is 20.0 Å². The third-order valence-electron chi connectivity index (χ3n) is 6.57. The molecule has 3 aromatic heterocycles. The van der Waals surface area contributed by atoms with Crippen LogP contribution in [0.25, 0.3) is 5.65 Å². The molecule has 168 valence electrons. The number of rotatable bonds is 2. The first-order valence-corrected chi connectivity index (χ1v) is 11.2. The van der Waals surface area contributed by atoms with Gasteiger partial charge in [0.2, 0.25) is 0 Å². The standard InChI is InChI=1S/C24H30N6O2/c1-15-10-21(31)30-22(26-15)16(2)17(3)23(27-30)28-7-6-20-18(13-28)11-19(12-25-20)29-8-9-32-24(4,5)14-29/h10-12H,6-9,13-14H2,1-5H3. The largest absolute Gasteiger partial charge is 0.372 e. The number of fused-ring (bicyclic) bond motifs is 2. The molecule has 8 nitrogen and oxygen atoms in total. The fraction of sp³-hybridized carbons (Fsp3) is 0.500. The number of nitrogens with zero attached hydrogens (tertiary/aromatic N) is 6. The Kier molecular flexibility index (Phi) is 4.93. The Balaban J connectivity index is 1.50. The average molecular weight is 435 g/mol. The van der Waals surface area contributed by atoms with Gasteiger partial charge in [0, 0.05) is 61.2 Å². The smallest absolute Gasteiger partial charge is 0.274 e. The highest BCUT2D eigenvalue weighted by Gasteiger charge is 2.29. The van der Waals surface area contributed by atoms with E-state index >= 15 is 0 Å². The van der Waals surface area contributed by atoms with E-state index in [1.165, 1.54) is 16.1 Å². The Labute approximate surface area is 187 Å². The second-order valence-corrected chi connectivity index (χ2v) is 9.55. The van der Waals surface area contributed by atoms with Crippen LogP contribution >= 0.6 is 0 Å². The van der Waals surface area contributed by atoms with E-state index in [-0.39, 0.29) is 11.2 Å². The average Bonchev–Trinajstić information content (AvgIpc) is 2.75. The molecule has 0 bridgehead atoms. The summed E-state index contributed by atoms with van der Waals surface area (Å²) in [6.07, 6.45) is 2.84. The van der Waals surface area contributed by atoms with Crippen LogP contribution in [-0.4, -0.2) is 51.4 Å². The van der Waals surface area contributed by atoms with Crippen molar-refractivity contribution in [2.45, 2.75) is 53.2 Å². The van der Waals surface area contributed by atoms with Gasteiger partial charge in [0.1, 0.15) is 0 Å². The summed E-state index contributed by atoms with van der Waals surface area (Å²) in [5, 5.41) is 4.72. The van der Waals surface area contributed by atoms with Crippen LogP contribution in [0.4, 0.5) is 11.5 Å². The first-order valence-electron chi connectivity index (χ1n) is 11.2. The molecule has 0 unspecified atom stereocenters. The molecule has 0 spiro atoms. The number of hydrogen-bond donors (Lipinski definition) is 0. The second-order valence-electron chi connectivity index (χ2n) is 9.55. The van der Waals surface area contributed by atoms with Gasteiger partial charge in [-0.15, -0.1) is 5.10 Å². The van der Waals surface area contributed by atoms with Crippen LogP contribution in [0.3, 0.4) is 0 Å². The molecule has 5 rings (SSSR count). The predicted molar refractivity (Wildman–Crippen MR) is 125 cm³/mol. The maximum absolute atomic E-state index is 12.6. The Morgan fingerprint density at radius 2 is 1.88 bits per heavy atom. The lowest BCUT2D eigenvalue weighted by Gasteiger charge is -2.40. The molecule has 0 saturated carbocycles. The molecule has 0 amide bonds. The first kappa shape index (κ1) is 20.9. The maximum Gasteiger partial charge on any atom is 0.274 e. The lowest BCUT2D eigenvalue weighted by molar-refractivity contribution is -0.0277. The molecule has 0 radical (unpaired) electrons. The van der Waals surface area contributed by atoms with Crippen molar-refractivity contribution >= 4 is 17.2 Å². The first-order chi connectivity index (χ1) is 15.2. The molecule has 1 fully saturated rings. The van der Waals surface area contributed by atoms with Crippen LogP contribution in [-0.2, 0) is 17.7 Å². The van der Waals surface area contributed by atoms with Gasteiger partial charge in [-0.1, -0.05) is 0 Å². The van der Waals surface area contributed by atoms with Crippen LogP contribution in [0.15, 0.2) is 23.1 Å². The minimum absolute atomic E-state index is 0.145. The molecule has 0 atom stereocenters. The molecule has 2 aliphatic rings. The third kappa shape index (κ3) is 3.62. The van der Waals surface area contributed by atoms with Crippen molar-refractivity contribution in [2.75, 3.05) is 36.0 Å². The Morgan fingerprint density at radius 3 is 2.66 bits per heavy atom. The molecule has 5 heterocycles. The lowest BCUT2D eigenvalue weighted by Crippen LogP contribution is -2.48. The zero-order chi connectivity index (χ0) is 22.6. The number of ether oxygens (including phenoxy) is 1. The van der Waals surface area contributed by atoms with Gasteiger partial charge >= 0.3 is 0 Å². The second kappa shape index (κ2) is 7.55. The van der Waals surface area contributed by atoms with Gasteiger partial charge in [-0.3, -0.25) is 9.78 Å². The zero-order valence-corrected chi connectivity index (χ0v) is 19.5. The molecule has 3 aromatic rings. The Bertz CT molecular complexity index is 1270. The number of aromatic nitrogens is 4. The SMILES string of the molecule is Cc1cc(=O)n2nc(N3CCc4ncc(N5CCOC(C)(C)C5)cc4C3)c(C)c(C)c2n1. The van der Waals surface area contributed by atoms with Crippen molar-refractivity contribution in [3.63, 3.8) is 0 Å². The van der Waals surface area contributed by atoms with E-state index in [0.717, 1.165) is 67.5 Å². The van der Waals surface area contributed by atoms with Crippen molar-refractivity contribution in [3.8, 4) is 0 Å². The van der Waals surface area contributed by atoms with E-state index in [4.69, 9.17) is 14.8 Å². The van der Waals surface area contributed by atoms with Crippen LogP contribution in [0, 0.1) is 20.8 Å². The molecule has 0 N–H and O–H groups in total. The normalized spacial score (nSPS) is 18.2. The van der Waals surface area contributed by atoms with Gasteiger partial charge in [-0.05, 0) is 46.2 Å². The van der Waals surface area contributed by atoms with Crippen molar-refractivity contribution in [1.82, 2.24) is 19.6 Å². The fourth-order valence-electron chi connectivity index (χ4n) is 4.74. The van der Waals surface area contributed by atoms with Gasteiger partial charge in [-0.25, -0.2) is 4.98 Å². The summed E-state index contributed by atoms with van der Waals surface area (Å²) in [6, 6.07) is 3.79. The highest BCUT2D eigenvalue weighted by Crippen LogP contribution is 2.30. The number of aryl methyl sites for hydroxylation is 2. The summed E-state index contributed by atoms with van der Waals surface area (Å²) in [6.45, 7) is 14.1. The monoisotopic (exact) mass is 434 g/mol. The van der Waals surface area contributed by atoms with E-state index < -0.39 is 0 Å². The highest BCUT2D eigenvalue weighted by atomic mass is 16.5. The molecule has 0 aromatic carbocycles. The molecule has 0 aliphatic carbocycles. The van der Waals surface area contributed by atoms with Gasteiger partial charge < -0.3 is 14.5 Å². The Hall–Kier alpha value is -3.00. The van der Waals surface area contributed by atoms with Crippen molar-refractivity contribution in [2.24, 2.45) is 0 Å². The van der Waals surface area contributed by atoms with E-state index in [0.29, 0.717) is 11.3 Å². The van der Waals surface area contributed by atoms with Crippen LogP contribution in [0.2, 0.25) is 0 Å². The number of morpholine rings is 1. The summed E-state index contributed by atoms with van der Waals surface area (Å²) < 4.78 is 7.30. The molecule has 8 heteroatoms. The molecular weight excluding hydrogens is 404 g/mol. The van der Waals surface area contributed by atoms with Crippen molar-refractivity contribution in [3.05, 3.63) is 56.8 Å². The summed E-state index contributed by atoms with van der Waals surface area (Å²) in [4.78, 5) is 26.5. The summed E-state index contributed by atoms with van der Waals surface area (Å²) >= 11 is 0. The van der Waals surface area contributed by atoms with E-state index in [2.05, 4.69) is 41.6 Å². The zero-order valence-electron chi connectivity index (χ0n) is 19.5. The quantitative estimate of drug-likeness (QED) is 0.614. The lowest BCUT2D eigenvalue weighted by atomic mass is 10.0. The number of pyridine rings is 1. The van der Waals surface area contributed by atoms with Gasteiger partial charge in [0.05, 0.1) is 24.1 Å². The Morgan fingerprint density at radius 1 is 1.06 bits per heavy atom. The molecule has 2 aliphatic heterocycles. The van der Waals surface area contributed by atoms with Gasteiger partial charge in [0.15, 0.2) is 11.5 Å². The highest BCUT2D eigenvalue weighted by molar-refractivity contribution is 5.60. The van der Waals surface area contributed by atoms with Crippen LogP contribution in [0.1, 0.15) is 41.9 Å². The maximum atomic E-state index is 12.6. The molecule has 1 saturated heterocycles. The van der Waals surface area contributed by atoms with Gasteiger partial charge in [0.25, 0.3) is 5.56 Å². The topological polar surface area (TPSA) is 75.9 Å². The summed E-state index contributed by atoms with van der Waals surface area (Å²) in [7, 11) is 0. The molecule has 32 heavy (non-hydrogen) atoms. The molecular formula is C24H30N6O2. The van der Waals surface area contributed by atoms with Gasteiger partial charge in [-0.2, -0.15) is 4.52 Å². The van der Waals surface area contributed by atoms with Crippen LogP contribution < -0.4 is 15.4 Å². The van der Waals surface area contributed by atoms with E-state index in [9.17, 15) is 4.79 Å². The third-order valence-corrected chi connectivity index (χ3v) is 6.57. The fourth-order valence-corrected chi connectivity index (χ4v) is 4.74. The number of anilines is 2. The minimum atomic E-state index is -0.163. The summed E-state index contributed by atoms with van der Waals surface area (Å²) in [5.74, 6) is 0.839. The van der Waals surface area contributed by atoms with Crippen LogP contribution in [0.5, 0.6) is 0 Å². The predicted octanol–water partition coefficient (Wildman–Crippen LogP) is 2.59. The summed E-state index contributed by atoms with van der Waals surface area (Å²) in [5.41, 5.74) is 6.58. The number of hydrogen-bond acceptors (Lipinski definition) is 7.